The van der Waals surface area contributed by atoms with Gasteiger partial charge in [-0.2, -0.15) is 5.11 Å². The summed E-state index contributed by atoms with van der Waals surface area (Å²) in [6, 6.07) is -1.17. The van der Waals surface area contributed by atoms with Crippen LogP contribution in [0.2, 0.25) is 0 Å². The number of ether oxygens (including phenoxy) is 1. The summed E-state index contributed by atoms with van der Waals surface area (Å²) in [5.74, 6) is -5.01. The van der Waals surface area contributed by atoms with Crippen LogP contribution in [-0.2, 0) is 14.3 Å². The minimum atomic E-state index is -2.66. The van der Waals surface area contributed by atoms with E-state index in [4.69, 9.17) is 14.9 Å². The van der Waals surface area contributed by atoms with Crippen molar-refractivity contribution >= 4 is 34.5 Å². The second-order valence-electron chi connectivity index (χ2n) is 4.86. The third-order valence-electron chi connectivity index (χ3n) is 3.08. The molecular weight excluding hydrogens is 415 g/mol. The highest BCUT2D eigenvalue weighted by Crippen LogP contribution is 2.34. The number of carbonyl (C=O) groups is 2. The number of carboxylic acid groups (broad SMARTS) is 1. The Morgan fingerprint density at radius 2 is 2.09 bits per heavy atom. The van der Waals surface area contributed by atoms with E-state index in [1.165, 1.54) is 0 Å². The Morgan fingerprint density at radius 1 is 1.50 bits per heavy atom. The lowest BCUT2D eigenvalue weighted by atomic mass is 9.91. The lowest BCUT2D eigenvalue weighted by Gasteiger charge is -2.42. The van der Waals surface area contributed by atoms with Crippen molar-refractivity contribution in [3.63, 3.8) is 0 Å². The minimum absolute atomic E-state index is 0.641. The molecular formula is C11H17IN2O8. The van der Waals surface area contributed by atoms with Crippen molar-refractivity contribution in [2.24, 2.45) is 10.2 Å². The fraction of sp³-hybridized carbons (Fsp3) is 0.818. The molecule has 0 spiro atoms. The minimum Gasteiger partial charge on any atom is -0.477 e. The lowest BCUT2D eigenvalue weighted by Crippen LogP contribution is -2.61. The summed E-state index contributed by atoms with van der Waals surface area (Å²) in [6.07, 6.45) is -4.75. The van der Waals surface area contributed by atoms with Crippen molar-refractivity contribution in [1.29, 1.82) is 0 Å². The first-order chi connectivity index (χ1) is 10.1. The monoisotopic (exact) mass is 432 g/mol. The van der Waals surface area contributed by atoms with Crippen LogP contribution in [0.4, 0.5) is 0 Å². The number of nitrogens with zero attached hydrogens (tertiary/aromatic N) is 2. The number of carboxylic acids is 1. The van der Waals surface area contributed by atoms with Gasteiger partial charge in [-0.05, 0) is 0 Å². The first kappa shape index (κ1) is 19.3. The number of rotatable bonds is 5. The molecule has 5 N–H and O–H groups in total. The Hall–Kier alpha value is -0.730. The fourth-order valence-electron chi connectivity index (χ4n) is 1.97. The number of azo groups is 1. The molecule has 0 radical (unpaired) electrons. The maximum absolute atomic E-state index is 11.1. The van der Waals surface area contributed by atoms with Crippen LogP contribution < -0.4 is 0 Å². The SMILES string of the molecule is CC(=O)N=NC1C(O)CC(O)(C(=O)O)OC1C(I)C(O)CO. The van der Waals surface area contributed by atoms with Crippen LogP contribution in [0.1, 0.15) is 13.3 Å². The van der Waals surface area contributed by atoms with Gasteiger partial charge < -0.3 is 30.3 Å². The van der Waals surface area contributed by atoms with E-state index in [2.05, 4.69) is 10.2 Å². The van der Waals surface area contributed by atoms with Crippen LogP contribution >= 0.6 is 22.6 Å². The molecule has 1 saturated heterocycles. The van der Waals surface area contributed by atoms with E-state index in [9.17, 15) is 24.9 Å². The molecule has 0 aromatic rings. The van der Waals surface area contributed by atoms with Gasteiger partial charge in [-0.3, -0.25) is 4.79 Å². The van der Waals surface area contributed by atoms with Crippen molar-refractivity contribution in [2.75, 3.05) is 6.61 Å². The molecule has 6 unspecified atom stereocenters. The molecule has 0 aromatic heterocycles. The first-order valence-corrected chi connectivity index (χ1v) is 7.53. The van der Waals surface area contributed by atoms with Gasteiger partial charge in [-0.1, -0.05) is 22.6 Å². The largest absolute Gasteiger partial charge is 0.477 e. The van der Waals surface area contributed by atoms with E-state index in [-0.39, 0.29) is 0 Å². The van der Waals surface area contributed by atoms with Crippen LogP contribution in [0.3, 0.4) is 0 Å². The molecule has 1 heterocycles. The highest BCUT2D eigenvalue weighted by atomic mass is 127. The highest BCUT2D eigenvalue weighted by molar-refractivity contribution is 14.1. The molecule has 11 heteroatoms. The van der Waals surface area contributed by atoms with Gasteiger partial charge in [0.15, 0.2) is 0 Å². The van der Waals surface area contributed by atoms with Crippen molar-refractivity contribution in [3.8, 4) is 0 Å². The van der Waals surface area contributed by atoms with E-state index < -0.39 is 59.0 Å². The second kappa shape index (κ2) is 7.70. The first-order valence-electron chi connectivity index (χ1n) is 6.28. The standard InChI is InChI=1S/C11H17IN2O8/c1-4(16)13-14-8-5(17)2-11(21,10(19)20)22-9(8)7(12)6(18)3-15/h5-9,15,17-18,21H,2-3H2,1H3,(H,19,20). The van der Waals surface area contributed by atoms with Crippen LogP contribution in [0.15, 0.2) is 10.2 Å². The molecule has 10 nitrogen and oxygen atoms in total. The molecule has 1 aliphatic rings. The van der Waals surface area contributed by atoms with Crippen molar-refractivity contribution < 1.29 is 39.9 Å². The Labute approximate surface area is 138 Å². The number of alkyl halides is 1. The molecule has 1 rings (SSSR count). The Bertz CT molecular complexity index is 461. The maximum atomic E-state index is 11.1. The van der Waals surface area contributed by atoms with Gasteiger partial charge in [0.05, 0.1) is 22.7 Å². The molecule has 0 bridgehead atoms. The van der Waals surface area contributed by atoms with E-state index in [1.807, 2.05) is 0 Å². The van der Waals surface area contributed by atoms with E-state index in [0.717, 1.165) is 6.92 Å². The summed E-state index contributed by atoms with van der Waals surface area (Å²) in [6.45, 7) is 0.484. The second-order valence-corrected chi connectivity index (χ2v) is 6.30. The molecule has 6 atom stereocenters. The molecule has 0 aromatic carbocycles. The quantitative estimate of drug-likeness (QED) is 0.197. The van der Waals surface area contributed by atoms with E-state index in [1.54, 1.807) is 22.6 Å². The number of carbonyl (C=O) groups excluding carboxylic acids is 1. The number of hydrogen-bond donors (Lipinski definition) is 5. The molecule has 1 fully saturated rings. The zero-order chi connectivity index (χ0) is 17.1. The smallest absolute Gasteiger partial charge is 0.364 e. The fourth-order valence-corrected chi connectivity index (χ4v) is 2.77. The lowest BCUT2D eigenvalue weighted by molar-refractivity contribution is -0.275. The molecule has 1 amide bonds. The third-order valence-corrected chi connectivity index (χ3v) is 4.62. The number of aliphatic hydroxyl groups excluding tert-OH is 3. The Kier molecular flexibility index (Phi) is 6.76. The molecule has 0 aliphatic carbocycles. The topological polar surface area (TPSA) is 169 Å². The van der Waals surface area contributed by atoms with Gasteiger partial charge in [0.25, 0.3) is 11.7 Å². The summed E-state index contributed by atoms with van der Waals surface area (Å²) >= 11 is 1.67. The van der Waals surface area contributed by atoms with Crippen LogP contribution in [0.25, 0.3) is 0 Å². The van der Waals surface area contributed by atoms with E-state index >= 15 is 0 Å². The molecule has 126 valence electrons. The highest BCUT2D eigenvalue weighted by Gasteiger charge is 2.53. The normalized spacial score (nSPS) is 35.3. The average Bonchev–Trinajstić information content (AvgIpc) is 2.43. The van der Waals surface area contributed by atoms with Gasteiger partial charge in [-0.15, -0.1) is 5.11 Å². The number of amides is 1. The van der Waals surface area contributed by atoms with Crippen LogP contribution in [0.5, 0.6) is 0 Å². The zero-order valence-corrected chi connectivity index (χ0v) is 13.7. The van der Waals surface area contributed by atoms with Crippen LogP contribution in [0, 0.1) is 0 Å². The van der Waals surface area contributed by atoms with Gasteiger partial charge in [-0.25, -0.2) is 4.79 Å². The third kappa shape index (κ3) is 4.39. The van der Waals surface area contributed by atoms with Gasteiger partial charge in [0.2, 0.25) is 0 Å². The molecule has 22 heavy (non-hydrogen) atoms. The van der Waals surface area contributed by atoms with Crippen molar-refractivity contribution in [1.82, 2.24) is 0 Å². The van der Waals surface area contributed by atoms with E-state index in [0.29, 0.717) is 0 Å². The van der Waals surface area contributed by atoms with Gasteiger partial charge >= 0.3 is 5.97 Å². The average molecular weight is 432 g/mol. The number of halogens is 1. The van der Waals surface area contributed by atoms with Crippen molar-refractivity contribution in [2.45, 2.75) is 47.4 Å². The number of aliphatic hydroxyl groups is 4. The summed E-state index contributed by atoms with van der Waals surface area (Å²) in [5, 5.41) is 54.5. The predicted octanol–water partition coefficient (Wildman–Crippen LogP) is -1.57. The number of hydrogen-bond acceptors (Lipinski definition) is 8. The summed E-state index contributed by atoms with van der Waals surface area (Å²) in [5.41, 5.74) is 0. The van der Waals surface area contributed by atoms with Crippen LogP contribution in [-0.4, -0.2) is 78.1 Å². The zero-order valence-electron chi connectivity index (χ0n) is 11.5. The van der Waals surface area contributed by atoms with Crippen molar-refractivity contribution in [3.05, 3.63) is 0 Å². The van der Waals surface area contributed by atoms with Gasteiger partial charge in [0.1, 0.15) is 12.1 Å². The molecule has 1 aliphatic heterocycles. The number of aliphatic carboxylic acids is 1. The summed E-state index contributed by atoms with van der Waals surface area (Å²) in [4.78, 5) is 22.0. The Morgan fingerprint density at radius 3 is 2.55 bits per heavy atom. The summed E-state index contributed by atoms with van der Waals surface area (Å²) < 4.78 is 4.17. The van der Waals surface area contributed by atoms with Gasteiger partial charge in [0, 0.05) is 13.3 Å². The Balaban J connectivity index is 3.13. The summed E-state index contributed by atoms with van der Waals surface area (Å²) in [7, 11) is 0. The molecule has 0 saturated carbocycles. The predicted molar refractivity (Wildman–Crippen MR) is 78.3 cm³/mol. The maximum Gasteiger partial charge on any atom is 0.364 e.